The van der Waals surface area contributed by atoms with Gasteiger partial charge in [-0.1, -0.05) is 18.3 Å². The van der Waals surface area contributed by atoms with Crippen molar-refractivity contribution in [1.29, 1.82) is 0 Å². The molecule has 0 unspecified atom stereocenters. The average molecular weight is 332 g/mol. The number of thiazole rings is 1. The summed E-state index contributed by atoms with van der Waals surface area (Å²) in [5.41, 5.74) is 5.76. The molecule has 9 heteroatoms. The summed E-state index contributed by atoms with van der Waals surface area (Å²) in [6.45, 7) is 2.81. The number of rotatable bonds is 5. The zero-order valence-corrected chi connectivity index (χ0v) is 13.5. The molecule has 1 aliphatic heterocycles. The van der Waals surface area contributed by atoms with E-state index in [1.54, 1.807) is 0 Å². The number of hydrogen-bond acceptors (Lipinski definition) is 7. The van der Waals surface area contributed by atoms with Crippen molar-refractivity contribution >= 4 is 38.0 Å². The number of nitrogens with one attached hydrogen (secondary N) is 2. The van der Waals surface area contributed by atoms with Crippen molar-refractivity contribution in [2.45, 2.75) is 32.2 Å². The number of carbonyl (C=O) groups is 1. The fraction of sp³-hybridized carbons (Fsp3) is 0.667. The van der Waals surface area contributed by atoms with E-state index >= 15 is 0 Å². The van der Waals surface area contributed by atoms with Crippen LogP contribution in [-0.4, -0.2) is 43.4 Å². The number of amides is 1. The van der Waals surface area contributed by atoms with Gasteiger partial charge < -0.3 is 16.4 Å². The lowest BCUT2D eigenvalue weighted by Gasteiger charge is -2.22. The fourth-order valence-corrected chi connectivity index (χ4v) is 4.39. The Labute approximate surface area is 128 Å². The van der Waals surface area contributed by atoms with Gasteiger partial charge in [0, 0.05) is 12.6 Å². The second kappa shape index (κ2) is 6.61. The Morgan fingerprint density at radius 3 is 2.71 bits per heavy atom. The number of hydrogen-bond donors (Lipinski definition) is 3. The average Bonchev–Trinajstić information content (AvgIpc) is 2.80. The molecule has 1 saturated heterocycles. The molecule has 0 aromatic carbocycles. The van der Waals surface area contributed by atoms with Crippen LogP contribution in [0.25, 0.3) is 0 Å². The second-order valence-corrected chi connectivity index (χ2v) is 8.36. The maximum atomic E-state index is 12.2. The lowest BCUT2D eigenvalue weighted by atomic mass is 10.1. The molecule has 0 aliphatic carbocycles. The van der Waals surface area contributed by atoms with Crippen LogP contribution in [0.5, 0.6) is 0 Å². The molecule has 1 fully saturated rings. The molecule has 1 amide bonds. The predicted octanol–water partition coefficient (Wildman–Crippen LogP) is 0.854. The Morgan fingerprint density at radius 2 is 2.10 bits per heavy atom. The van der Waals surface area contributed by atoms with Crippen molar-refractivity contribution in [1.82, 2.24) is 10.3 Å². The summed E-state index contributed by atoms with van der Waals surface area (Å²) in [4.78, 5) is 16.7. The van der Waals surface area contributed by atoms with E-state index in [9.17, 15) is 13.2 Å². The minimum atomic E-state index is -2.93. The fourth-order valence-electron chi connectivity index (χ4n) is 2.09. The third-order valence-electron chi connectivity index (χ3n) is 3.28. The normalized spacial score (nSPS) is 18.3. The van der Waals surface area contributed by atoms with Gasteiger partial charge in [0.15, 0.2) is 5.13 Å². The zero-order valence-electron chi connectivity index (χ0n) is 11.9. The molecule has 0 radical (unpaired) electrons. The Morgan fingerprint density at radius 1 is 1.43 bits per heavy atom. The van der Waals surface area contributed by atoms with Crippen molar-refractivity contribution in [3.63, 3.8) is 0 Å². The molecule has 1 aromatic heterocycles. The number of anilines is 2. The highest BCUT2D eigenvalue weighted by Gasteiger charge is 2.26. The molecule has 1 aromatic rings. The second-order valence-electron chi connectivity index (χ2n) is 5.06. The van der Waals surface area contributed by atoms with Crippen LogP contribution in [0.1, 0.15) is 35.9 Å². The van der Waals surface area contributed by atoms with E-state index in [0.29, 0.717) is 22.9 Å². The summed E-state index contributed by atoms with van der Waals surface area (Å²) in [5.74, 6) is 0.178. The molecule has 0 atom stereocenters. The lowest BCUT2D eigenvalue weighted by Crippen LogP contribution is -2.40. The van der Waals surface area contributed by atoms with E-state index in [-0.39, 0.29) is 29.3 Å². The van der Waals surface area contributed by atoms with E-state index in [4.69, 9.17) is 5.73 Å². The smallest absolute Gasteiger partial charge is 0.265 e. The van der Waals surface area contributed by atoms with Crippen molar-refractivity contribution in [2.75, 3.05) is 29.1 Å². The molecule has 7 nitrogen and oxygen atoms in total. The molecule has 21 heavy (non-hydrogen) atoms. The van der Waals surface area contributed by atoms with Crippen LogP contribution in [0.4, 0.5) is 10.9 Å². The SMILES string of the molecule is CCCNc1nc(N)c(C(=O)NC2CCS(=O)(=O)CC2)s1. The van der Waals surface area contributed by atoms with Gasteiger partial charge in [0.2, 0.25) is 0 Å². The summed E-state index contributed by atoms with van der Waals surface area (Å²) in [7, 11) is -2.93. The first-order valence-electron chi connectivity index (χ1n) is 6.92. The molecule has 2 rings (SSSR count). The van der Waals surface area contributed by atoms with Gasteiger partial charge in [-0.3, -0.25) is 4.79 Å². The Balaban J connectivity index is 1.96. The van der Waals surface area contributed by atoms with Crippen molar-refractivity contribution in [2.24, 2.45) is 0 Å². The number of nitrogens with two attached hydrogens (primary N) is 1. The molecule has 0 bridgehead atoms. The molecule has 118 valence electrons. The van der Waals surface area contributed by atoms with Crippen LogP contribution >= 0.6 is 11.3 Å². The van der Waals surface area contributed by atoms with Gasteiger partial charge in [-0.2, -0.15) is 0 Å². The molecule has 0 spiro atoms. The van der Waals surface area contributed by atoms with E-state index in [2.05, 4.69) is 15.6 Å². The van der Waals surface area contributed by atoms with E-state index < -0.39 is 9.84 Å². The van der Waals surface area contributed by atoms with Gasteiger partial charge in [-0.15, -0.1) is 0 Å². The van der Waals surface area contributed by atoms with Crippen LogP contribution < -0.4 is 16.4 Å². The number of sulfone groups is 1. The van der Waals surface area contributed by atoms with Gasteiger partial charge in [0.05, 0.1) is 11.5 Å². The lowest BCUT2D eigenvalue weighted by molar-refractivity contribution is 0.0939. The van der Waals surface area contributed by atoms with Crippen LogP contribution in [0, 0.1) is 0 Å². The maximum absolute atomic E-state index is 12.2. The first kappa shape index (κ1) is 16.0. The Bertz CT molecular complexity index is 598. The number of nitrogens with zero attached hydrogens (tertiary/aromatic N) is 1. The van der Waals surface area contributed by atoms with Gasteiger partial charge >= 0.3 is 0 Å². The summed E-state index contributed by atoms with van der Waals surface area (Å²) in [6, 6.07) is -0.116. The molecule has 0 saturated carbocycles. The van der Waals surface area contributed by atoms with E-state index in [1.807, 2.05) is 6.92 Å². The Kier molecular flexibility index (Phi) is 5.04. The highest BCUT2D eigenvalue weighted by molar-refractivity contribution is 7.91. The number of aromatic nitrogens is 1. The highest BCUT2D eigenvalue weighted by atomic mass is 32.2. The molecular weight excluding hydrogens is 312 g/mol. The third-order valence-corrected chi connectivity index (χ3v) is 6.02. The summed E-state index contributed by atoms with van der Waals surface area (Å²) in [6.07, 6.45) is 1.86. The van der Waals surface area contributed by atoms with Crippen molar-refractivity contribution in [3.05, 3.63) is 4.88 Å². The first-order valence-corrected chi connectivity index (χ1v) is 9.56. The maximum Gasteiger partial charge on any atom is 0.265 e. The largest absolute Gasteiger partial charge is 0.382 e. The summed E-state index contributed by atoms with van der Waals surface area (Å²) >= 11 is 1.22. The quantitative estimate of drug-likeness (QED) is 0.736. The van der Waals surface area contributed by atoms with Gasteiger partial charge in [0.25, 0.3) is 5.91 Å². The van der Waals surface area contributed by atoms with Crippen molar-refractivity contribution in [3.8, 4) is 0 Å². The van der Waals surface area contributed by atoms with Crippen LogP contribution in [-0.2, 0) is 9.84 Å². The minimum Gasteiger partial charge on any atom is -0.382 e. The number of carbonyl (C=O) groups excluding carboxylic acids is 1. The van der Waals surface area contributed by atoms with Gasteiger partial charge in [-0.25, -0.2) is 13.4 Å². The predicted molar refractivity (Wildman–Crippen MR) is 84.4 cm³/mol. The van der Waals surface area contributed by atoms with Crippen LogP contribution in [0.3, 0.4) is 0 Å². The standard InChI is InChI=1S/C12H20N4O3S2/c1-2-5-14-12-16-10(13)9(20-12)11(17)15-8-3-6-21(18,19)7-4-8/h8H,2-7,13H2,1H3,(H,14,16)(H,15,17). The third kappa shape index (κ3) is 4.31. The minimum absolute atomic E-state index is 0.116. The van der Waals surface area contributed by atoms with Crippen LogP contribution in [0.2, 0.25) is 0 Å². The van der Waals surface area contributed by atoms with Gasteiger partial charge in [-0.05, 0) is 19.3 Å². The molecule has 2 heterocycles. The van der Waals surface area contributed by atoms with E-state index in [0.717, 1.165) is 13.0 Å². The molecule has 4 N–H and O–H groups in total. The monoisotopic (exact) mass is 332 g/mol. The zero-order chi connectivity index (χ0) is 15.5. The van der Waals surface area contributed by atoms with Gasteiger partial charge in [0.1, 0.15) is 20.5 Å². The summed E-state index contributed by atoms with van der Waals surface area (Å²) in [5, 5.41) is 6.57. The topological polar surface area (TPSA) is 114 Å². The summed E-state index contributed by atoms with van der Waals surface area (Å²) < 4.78 is 22.7. The number of nitrogen functional groups attached to an aromatic ring is 1. The Hall–Kier alpha value is -1.35. The first-order chi connectivity index (χ1) is 9.91. The molecule has 1 aliphatic rings. The van der Waals surface area contributed by atoms with Crippen molar-refractivity contribution < 1.29 is 13.2 Å². The van der Waals surface area contributed by atoms with E-state index in [1.165, 1.54) is 11.3 Å². The molecular formula is C12H20N4O3S2. The highest BCUT2D eigenvalue weighted by Crippen LogP contribution is 2.25. The van der Waals surface area contributed by atoms with Crippen LogP contribution in [0.15, 0.2) is 0 Å².